The third kappa shape index (κ3) is 3.12. The van der Waals surface area contributed by atoms with Gasteiger partial charge in [0.1, 0.15) is 0 Å². The summed E-state index contributed by atoms with van der Waals surface area (Å²) >= 11 is 3.55. The molecular formula is C18H18BrOP. The van der Waals surface area contributed by atoms with E-state index in [1.807, 2.05) is 74.5 Å². The summed E-state index contributed by atoms with van der Waals surface area (Å²) in [6.07, 6.45) is 0. The monoisotopic (exact) mass is 360 g/mol. The van der Waals surface area contributed by atoms with Crippen LogP contribution in [0.5, 0.6) is 0 Å². The predicted octanol–water partition coefficient (Wildman–Crippen LogP) is 5.20. The van der Waals surface area contributed by atoms with Crippen molar-refractivity contribution in [2.75, 3.05) is 0 Å². The average molecular weight is 361 g/mol. The van der Waals surface area contributed by atoms with Crippen LogP contribution < -0.4 is 10.6 Å². The van der Waals surface area contributed by atoms with Crippen molar-refractivity contribution in [3.8, 4) is 0 Å². The minimum absolute atomic E-state index is 0.639. The highest BCUT2D eigenvalue weighted by atomic mass is 79.9. The van der Waals surface area contributed by atoms with Gasteiger partial charge < -0.3 is 4.57 Å². The molecule has 0 unspecified atom stereocenters. The molecule has 0 saturated carbocycles. The second-order valence-electron chi connectivity index (χ2n) is 5.04. The Balaban J connectivity index is 2.70. The van der Waals surface area contributed by atoms with Crippen LogP contribution in [0.15, 0.2) is 82.6 Å². The van der Waals surface area contributed by atoms with Crippen LogP contribution in [0.25, 0.3) is 0 Å². The van der Waals surface area contributed by atoms with E-state index in [-0.39, 0.29) is 0 Å². The molecule has 0 amide bonds. The highest BCUT2D eigenvalue weighted by Gasteiger charge is 2.32. The topological polar surface area (TPSA) is 17.1 Å². The van der Waals surface area contributed by atoms with Gasteiger partial charge in [0.2, 0.25) is 0 Å². The zero-order chi connectivity index (χ0) is 15.5. The molecule has 0 aliphatic heterocycles. The molecule has 0 spiro atoms. The lowest BCUT2D eigenvalue weighted by molar-refractivity contribution is 0.591. The molecule has 2 aromatic rings. The largest absolute Gasteiger partial charge is 0.309 e. The Morgan fingerprint density at radius 2 is 1.29 bits per heavy atom. The number of hydrogen-bond donors (Lipinski definition) is 0. The van der Waals surface area contributed by atoms with Crippen LogP contribution in [-0.4, -0.2) is 0 Å². The van der Waals surface area contributed by atoms with Crippen molar-refractivity contribution in [1.82, 2.24) is 0 Å². The first-order chi connectivity index (χ1) is 9.98. The standard InChI is InChI=1S/C18H18BrOP/c1-14(2)18(19)15(3)21(20,16-10-6-4-7-11-16)17-12-8-5-9-13-17/h4-13H,3H2,1-2H3. The summed E-state index contributed by atoms with van der Waals surface area (Å²) in [5.41, 5.74) is 1.06. The van der Waals surface area contributed by atoms with Gasteiger partial charge in [-0.1, -0.05) is 88.7 Å². The molecule has 3 heteroatoms. The van der Waals surface area contributed by atoms with Gasteiger partial charge in [0, 0.05) is 20.4 Å². The van der Waals surface area contributed by atoms with Crippen molar-refractivity contribution in [3.63, 3.8) is 0 Å². The van der Waals surface area contributed by atoms with Crippen LogP contribution in [0.1, 0.15) is 13.8 Å². The Hall–Kier alpha value is -1.37. The third-order valence-electron chi connectivity index (χ3n) is 3.31. The SMILES string of the molecule is C=C(C(Br)=C(C)C)P(=O)(c1ccccc1)c1ccccc1. The second kappa shape index (κ2) is 6.60. The average Bonchev–Trinajstić information content (AvgIpc) is 2.54. The number of allylic oxidation sites excluding steroid dienone is 3. The minimum Gasteiger partial charge on any atom is -0.309 e. The first-order valence-corrected chi connectivity index (χ1v) is 9.22. The second-order valence-corrected chi connectivity index (χ2v) is 8.63. The zero-order valence-electron chi connectivity index (χ0n) is 12.2. The lowest BCUT2D eigenvalue weighted by Crippen LogP contribution is -2.17. The Morgan fingerprint density at radius 3 is 1.62 bits per heavy atom. The first kappa shape index (κ1) is 16.0. The van der Waals surface area contributed by atoms with E-state index < -0.39 is 7.14 Å². The highest BCUT2D eigenvalue weighted by molar-refractivity contribution is 9.12. The molecule has 0 radical (unpaired) electrons. The molecule has 0 aromatic heterocycles. The molecule has 0 aliphatic rings. The van der Waals surface area contributed by atoms with Crippen LogP contribution >= 0.6 is 23.1 Å². The van der Waals surface area contributed by atoms with E-state index >= 15 is 0 Å². The van der Waals surface area contributed by atoms with E-state index in [0.717, 1.165) is 20.7 Å². The minimum atomic E-state index is -2.92. The molecule has 0 aliphatic carbocycles. The number of hydrogen-bond acceptors (Lipinski definition) is 1. The van der Waals surface area contributed by atoms with E-state index in [1.165, 1.54) is 0 Å². The summed E-state index contributed by atoms with van der Waals surface area (Å²) in [6.45, 7) is 8.10. The van der Waals surface area contributed by atoms with Crippen molar-refractivity contribution >= 4 is 33.7 Å². The van der Waals surface area contributed by atoms with E-state index in [1.54, 1.807) is 0 Å². The number of benzene rings is 2. The van der Waals surface area contributed by atoms with Gasteiger partial charge in [0.05, 0.1) is 0 Å². The molecule has 0 fully saturated rings. The fourth-order valence-electron chi connectivity index (χ4n) is 2.16. The quantitative estimate of drug-likeness (QED) is 0.540. The number of halogens is 1. The smallest absolute Gasteiger partial charge is 0.171 e. The summed E-state index contributed by atoms with van der Waals surface area (Å²) in [5.74, 6) is 0. The maximum Gasteiger partial charge on any atom is 0.171 e. The summed E-state index contributed by atoms with van der Waals surface area (Å²) in [4.78, 5) is 0. The van der Waals surface area contributed by atoms with Crippen molar-refractivity contribution < 1.29 is 4.57 Å². The molecular weight excluding hydrogens is 343 g/mol. The van der Waals surface area contributed by atoms with Crippen LogP contribution in [0, 0.1) is 0 Å². The zero-order valence-corrected chi connectivity index (χ0v) is 14.7. The van der Waals surface area contributed by atoms with Crippen LogP contribution in [0.4, 0.5) is 0 Å². The molecule has 0 N–H and O–H groups in total. The van der Waals surface area contributed by atoms with Gasteiger partial charge in [0.25, 0.3) is 0 Å². The van der Waals surface area contributed by atoms with Crippen molar-refractivity contribution in [3.05, 3.63) is 82.6 Å². The maximum absolute atomic E-state index is 13.9. The normalized spacial score (nSPS) is 11.0. The van der Waals surface area contributed by atoms with E-state index in [9.17, 15) is 4.57 Å². The van der Waals surface area contributed by atoms with Gasteiger partial charge in [-0.25, -0.2) is 0 Å². The summed E-state index contributed by atoms with van der Waals surface area (Å²) < 4.78 is 14.7. The van der Waals surface area contributed by atoms with E-state index in [0.29, 0.717) is 5.31 Å². The number of rotatable bonds is 4. The molecule has 21 heavy (non-hydrogen) atoms. The molecule has 0 atom stereocenters. The van der Waals surface area contributed by atoms with Crippen molar-refractivity contribution in [1.29, 1.82) is 0 Å². The van der Waals surface area contributed by atoms with Gasteiger partial charge in [0.15, 0.2) is 7.14 Å². The predicted molar refractivity (Wildman–Crippen MR) is 96.2 cm³/mol. The Morgan fingerprint density at radius 1 is 0.905 bits per heavy atom. The molecule has 0 heterocycles. The summed E-state index contributed by atoms with van der Waals surface area (Å²) in [6, 6.07) is 19.1. The Kier molecular flexibility index (Phi) is 5.03. The summed E-state index contributed by atoms with van der Waals surface area (Å²) in [7, 11) is -2.92. The Bertz CT molecular complexity index is 670. The summed E-state index contributed by atoms with van der Waals surface area (Å²) in [5, 5.41) is 2.25. The van der Waals surface area contributed by atoms with Crippen molar-refractivity contribution in [2.24, 2.45) is 0 Å². The molecule has 1 nitrogen and oxygen atoms in total. The fraction of sp³-hybridized carbons (Fsp3) is 0.111. The molecule has 108 valence electrons. The van der Waals surface area contributed by atoms with Crippen LogP contribution in [0.2, 0.25) is 0 Å². The fourth-order valence-corrected chi connectivity index (χ4v) is 5.52. The van der Waals surface area contributed by atoms with Gasteiger partial charge in [-0.15, -0.1) is 0 Å². The lowest BCUT2D eigenvalue weighted by Gasteiger charge is -2.22. The van der Waals surface area contributed by atoms with Gasteiger partial charge in [-0.05, 0) is 13.8 Å². The molecule has 0 bridgehead atoms. The maximum atomic E-state index is 13.9. The van der Waals surface area contributed by atoms with Crippen LogP contribution in [0.3, 0.4) is 0 Å². The van der Waals surface area contributed by atoms with Gasteiger partial charge in [-0.2, -0.15) is 0 Å². The van der Waals surface area contributed by atoms with E-state index in [2.05, 4.69) is 22.5 Å². The van der Waals surface area contributed by atoms with E-state index in [4.69, 9.17) is 0 Å². The lowest BCUT2D eigenvalue weighted by atomic mass is 10.3. The molecule has 2 rings (SSSR count). The van der Waals surface area contributed by atoms with Crippen LogP contribution in [-0.2, 0) is 4.57 Å². The Labute approximate surface area is 134 Å². The first-order valence-electron chi connectivity index (χ1n) is 6.72. The van der Waals surface area contributed by atoms with Gasteiger partial charge >= 0.3 is 0 Å². The molecule has 2 aromatic carbocycles. The van der Waals surface area contributed by atoms with Crippen molar-refractivity contribution in [2.45, 2.75) is 13.8 Å². The molecule has 0 saturated heterocycles. The third-order valence-corrected chi connectivity index (χ3v) is 7.92. The van der Waals surface area contributed by atoms with Gasteiger partial charge in [-0.3, -0.25) is 0 Å². The highest BCUT2D eigenvalue weighted by Crippen LogP contribution is 2.55.